The van der Waals surface area contributed by atoms with Crippen molar-refractivity contribution >= 4 is 17.7 Å². The van der Waals surface area contributed by atoms with Crippen molar-refractivity contribution in [1.29, 1.82) is 0 Å². The summed E-state index contributed by atoms with van der Waals surface area (Å²) in [7, 11) is 0. The number of aliphatic hydroxyl groups is 1. The van der Waals surface area contributed by atoms with Gasteiger partial charge in [-0.05, 0) is 19.4 Å². The molecule has 0 radical (unpaired) electrons. The van der Waals surface area contributed by atoms with E-state index in [0.717, 1.165) is 10.6 Å². The summed E-state index contributed by atoms with van der Waals surface area (Å²) < 4.78 is 0. The number of nitrogens with two attached hydrogens (primary N) is 1. The molecule has 1 rings (SSSR count). The zero-order chi connectivity index (χ0) is 10.7. The van der Waals surface area contributed by atoms with Crippen LogP contribution >= 0.6 is 11.8 Å². The zero-order valence-corrected chi connectivity index (χ0v) is 9.38. The van der Waals surface area contributed by atoms with Crippen LogP contribution in [-0.4, -0.2) is 26.4 Å². The first-order valence-corrected chi connectivity index (χ1v) is 5.32. The van der Waals surface area contributed by atoms with E-state index in [-0.39, 0.29) is 17.3 Å². The SMILES string of the molecule is Cc1cnc(N)nc1SC(C)C(C)O. The maximum Gasteiger partial charge on any atom is 0.221 e. The average Bonchev–Trinajstić information content (AvgIpc) is 2.11. The topological polar surface area (TPSA) is 72.0 Å². The van der Waals surface area contributed by atoms with Gasteiger partial charge in [0.05, 0.1) is 6.10 Å². The fourth-order valence-electron chi connectivity index (χ4n) is 0.833. The molecule has 2 atom stereocenters. The maximum absolute atomic E-state index is 9.35. The van der Waals surface area contributed by atoms with Crippen molar-refractivity contribution in [2.45, 2.75) is 37.2 Å². The van der Waals surface area contributed by atoms with E-state index in [9.17, 15) is 5.11 Å². The van der Waals surface area contributed by atoms with Crippen LogP contribution in [-0.2, 0) is 0 Å². The minimum absolute atomic E-state index is 0.1000. The van der Waals surface area contributed by atoms with Gasteiger partial charge in [0.25, 0.3) is 0 Å². The first-order chi connectivity index (χ1) is 6.50. The van der Waals surface area contributed by atoms with Crippen LogP contribution in [0.25, 0.3) is 0 Å². The molecule has 0 aromatic carbocycles. The van der Waals surface area contributed by atoms with Gasteiger partial charge in [0.2, 0.25) is 5.95 Å². The summed E-state index contributed by atoms with van der Waals surface area (Å²) in [6.45, 7) is 5.64. The number of rotatable bonds is 3. The third kappa shape index (κ3) is 2.85. The number of nitrogen functional groups attached to an aromatic ring is 1. The van der Waals surface area contributed by atoms with Gasteiger partial charge in [-0.25, -0.2) is 9.97 Å². The molecule has 0 amide bonds. The van der Waals surface area contributed by atoms with Crippen LogP contribution in [0.3, 0.4) is 0 Å². The maximum atomic E-state index is 9.35. The minimum Gasteiger partial charge on any atom is -0.392 e. The number of anilines is 1. The number of thioether (sulfide) groups is 1. The van der Waals surface area contributed by atoms with Crippen LogP contribution in [0.4, 0.5) is 5.95 Å². The zero-order valence-electron chi connectivity index (χ0n) is 8.56. The first-order valence-electron chi connectivity index (χ1n) is 4.44. The second-order valence-electron chi connectivity index (χ2n) is 3.28. The summed E-state index contributed by atoms with van der Waals surface area (Å²) >= 11 is 1.51. The van der Waals surface area contributed by atoms with Gasteiger partial charge in [-0.1, -0.05) is 6.92 Å². The van der Waals surface area contributed by atoms with E-state index in [0.29, 0.717) is 0 Å². The van der Waals surface area contributed by atoms with Crippen LogP contribution in [0.5, 0.6) is 0 Å². The number of aryl methyl sites for hydroxylation is 1. The van der Waals surface area contributed by atoms with Gasteiger partial charge in [-0.3, -0.25) is 0 Å². The molecule has 0 aliphatic carbocycles. The fourth-order valence-corrected chi connectivity index (χ4v) is 1.77. The third-order valence-electron chi connectivity index (χ3n) is 1.92. The lowest BCUT2D eigenvalue weighted by atomic mass is 10.3. The second-order valence-corrected chi connectivity index (χ2v) is 4.65. The molecule has 2 unspecified atom stereocenters. The van der Waals surface area contributed by atoms with Gasteiger partial charge in [0, 0.05) is 11.4 Å². The predicted molar refractivity (Wildman–Crippen MR) is 58.2 cm³/mol. The van der Waals surface area contributed by atoms with E-state index in [4.69, 9.17) is 5.73 Å². The number of nitrogens with zero attached hydrogens (tertiary/aromatic N) is 2. The Kier molecular flexibility index (Phi) is 3.71. The van der Waals surface area contributed by atoms with E-state index >= 15 is 0 Å². The second kappa shape index (κ2) is 4.61. The molecule has 0 fully saturated rings. The molecular formula is C9H15N3OS. The van der Waals surface area contributed by atoms with Crippen molar-refractivity contribution in [3.63, 3.8) is 0 Å². The normalized spacial score (nSPS) is 15.1. The molecule has 4 nitrogen and oxygen atoms in total. The summed E-state index contributed by atoms with van der Waals surface area (Å²) in [5, 5.41) is 10.3. The van der Waals surface area contributed by atoms with Crippen LogP contribution in [0.15, 0.2) is 11.2 Å². The monoisotopic (exact) mass is 213 g/mol. The summed E-state index contributed by atoms with van der Waals surface area (Å²) in [5.74, 6) is 0.274. The van der Waals surface area contributed by atoms with E-state index in [1.165, 1.54) is 11.8 Å². The van der Waals surface area contributed by atoms with Gasteiger partial charge in [-0.2, -0.15) is 0 Å². The molecule has 0 saturated heterocycles. The number of aliphatic hydroxyl groups excluding tert-OH is 1. The van der Waals surface area contributed by atoms with Crippen molar-refractivity contribution in [2.24, 2.45) is 0 Å². The van der Waals surface area contributed by atoms with Gasteiger partial charge in [0.15, 0.2) is 0 Å². The molecule has 1 heterocycles. The Morgan fingerprint density at radius 3 is 2.71 bits per heavy atom. The van der Waals surface area contributed by atoms with Crippen LogP contribution in [0.2, 0.25) is 0 Å². The summed E-state index contributed by atoms with van der Waals surface area (Å²) in [5.41, 5.74) is 6.46. The summed E-state index contributed by atoms with van der Waals surface area (Å²) in [6, 6.07) is 0. The third-order valence-corrected chi connectivity index (χ3v) is 3.32. The van der Waals surface area contributed by atoms with Crippen molar-refractivity contribution in [3.8, 4) is 0 Å². The molecule has 0 spiro atoms. The minimum atomic E-state index is -0.365. The highest BCUT2D eigenvalue weighted by Crippen LogP contribution is 2.26. The molecular weight excluding hydrogens is 198 g/mol. The van der Waals surface area contributed by atoms with Gasteiger partial charge in [0.1, 0.15) is 5.03 Å². The summed E-state index contributed by atoms with van der Waals surface area (Å²) in [6.07, 6.45) is 1.33. The highest BCUT2D eigenvalue weighted by atomic mass is 32.2. The quantitative estimate of drug-likeness (QED) is 0.583. The number of aromatic nitrogens is 2. The molecule has 0 bridgehead atoms. The molecule has 14 heavy (non-hydrogen) atoms. The molecule has 0 aliphatic heterocycles. The standard InChI is InChI=1S/C9H15N3OS/c1-5-4-11-9(10)12-8(5)14-7(3)6(2)13/h4,6-7,13H,1-3H3,(H2,10,11,12). The molecule has 5 heteroatoms. The van der Waals surface area contributed by atoms with Gasteiger partial charge in [-0.15, -0.1) is 11.8 Å². The number of hydrogen-bond acceptors (Lipinski definition) is 5. The molecule has 78 valence electrons. The van der Waals surface area contributed by atoms with Crippen molar-refractivity contribution in [1.82, 2.24) is 9.97 Å². The van der Waals surface area contributed by atoms with Crippen molar-refractivity contribution in [2.75, 3.05) is 5.73 Å². The largest absolute Gasteiger partial charge is 0.392 e. The number of hydrogen-bond donors (Lipinski definition) is 2. The van der Waals surface area contributed by atoms with E-state index in [2.05, 4.69) is 9.97 Å². The van der Waals surface area contributed by atoms with Crippen LogP contribution in [0, 0.1) is 6.92 Å². The Bertz CT molecular complexity index is 317. The lowest BCUT2D eigenvalue weighted by Crippen LogP contribution is -2.15. The fraction of sp³-hybridized carbons (Fsp3) is 0.556. The Balaban J connectivity index is 2.80. The average molecular weight is 213 g/mol. The highest BCUT2D eigenvalue weighted by molar-refractivity contribution is 7.99. The molecule has 1 aromatic heterocycles. The molecule has 0 saturated carbocycles. The summed E-state index contributed by atoms with van der Waals surface area (Å²) in [4.78, 5) is 8.00. The van der Waals surface area contributed by atoms with Crippen molar-refractivity contribution in [3.05, 3.63) is 11.8 Å². The Morgan fingerprint density at radius 2 is 2.14 bits per heavy atom. The Labute approximate surface area is 88.0 Å². The van der Waals surface area contributed by atoms with E-state index in [1.807, 2.05) is 13.8 Å². The van der Waals surface area contributed by atoms with Crippen LogP contribution in [0.1, 0.15) is 19.4 Å². The highest BCUT2D eigenvalue weighted by Gasteiger charge is 2.13. The molecule has 1 aromatic rings. The van der Waals surface area contributed by atoms with E-state index in [1.54, 1.807) is 13.1 Å². The first kappa shape index (κ1) is 11.3. The van der Waals surface area contributed by atoms with E-state index < -0.39 is 0 Å². The lowest BCUT2D eigenvalue weighted by Gasteiger charge is -2.14. The smallest absolute Gasteiger partial charge is 0.221 e. The van der Waals surface area contributed by atoms with Gasteiger partial charge >= 0.3 is 0 Å². The Hall–Kier alpha value is -0.810. The molecule has 3 N–H and O–H groups in total. The Morgan fingerprint density at radius 1 is 1.50 bits per heavy atom. The van der Waals surface area contributed by atoms with Gasteiger partial charge < -0.3 is 10.8 Å². The van der Waals surface area contributed by atoms with Crippen LogP contribution < -0.4 is 5.73 Å². The lowest BCUT2D eigenvalue weighted by molar-refractivity contribution is 0.196. The predicted octanol–water partition coefficient (Wildman–Crippen LogP) is 1.23. The van der Waals surface area contributed by atoms with Crippen molar-refractivity contribution < 1.29 is 5.11 Å². The molecule has 0 aliphatic rings.